The summed E-state index contributed by atoms with van der Waals surface area (Å²) in [5, 5.41) is 8.14. The Morgan fingerprint density at radius 2 is 1.86 bits per heavy atom. The van der Waals surface area contributed by atoms with Gasteiger partial charge in [0.1, 0.15) is 0 Å². The minimum absolute atomic E-state index is 0.0407. The lowest BCUT2D eigenvalue weighted by atomic mass is 9.87. The largest absolute Gasteiger partial charge is 0.313 e. The molecular formula is C9H20N2O2S. The van der Waals surface area contributed by atoms with Crippen LogP contribution in [0.15, 0.2) is 0 Å². The zero-order chi connectivity index (χ0) is 10.6. The van der Waals surface area contributed by atoms with E-state index in [9.17, 15) is 8.42 Å². The molecule has 0 atom stereocenters. The van der Waals surface area contributed by atoms with Crippen LogP contribution < -0.4 is 10.5 Å². The topological polar surface area (TPSA) is 72.2 Å². The molecule has 0 amide bonds. The molecule has 1 saturated carbocycles. The molecule has 4 nitrogen and oxygen atoms in total. The molecule has 0 saturated heterocycles. The van der Waals surface area contributed by atoms with E-state index in [1.165, 1.54) is 12.8 Å². The SMILES string of the molecule is CC1CCC(NCCS(N)(=O)=O)CC1. The van der Waals surface area contributed by atoms with Crippen LogP contribution in [0.25, 0.3) is 0 Å². The van der Waals surface area contributed by atoms with Gasteiger partial charge in [-0.25, -0.2) is 13.6 Å². The van der Waals surface area contributed by atoms with Crippen molar-refractivity contribution < 1.29 is 8.42 Å². The Balaban J connectivity index is 2.14. The zero-order valence-electron chi connectivity index (χ0n) is 8.70. The van der Waals surface area contributed by atoms with Crippen molar-refractivity contribution in [2.24, 2.45) is 11.1 Å². The summed E-state index contributed by atoms with van der Waals surface area (Å²) in [5.41, 5.74) is 0. The van der Waals surface area contributed by atoms with E-state index in [4.69, 9.17) is 5.14 Å². The number of rotatable bonds is 4. The Labute approximate surface area is 86.3 Å². The first kappa shape index (κ1) is 11.9. The molecule has 0 aromatic carbocycles. The second-order valence-corrected chi connectivity index (χ2v) is 6.01. The highest BCUT2D eigenvalue weighted by atomic mass is 32.2. The molecule has 0 aromatic rings. The maximum absolute atomic E-state index is 10.7. The van der Waals surface area contributed by atoms with E-state index in [2.05, 4.69) is 12.2 Å². The predicted octanol–water partition coefficient (Wildman–Crippen LogP) is 0.443. The molecule has 0 heterocycles. The van der Waals surface area contributed by atoms with Crippen LogP contribution in [0.4, 0.5) is 0 Å². The van der Waals surface area contributed by atoms with Crippen LogP contribution in [-0.2, 0) is 10.0 Å². The van der Waals surface area contributed by atoms with Gasteiger partial charge in [0.2, 0.25) is 10.0 Å². The van der Waals surface area contributed by atoms with Crippen molar-refractivity contribution in [2.75, 3.05) is 12.3 Å². The van der Waals surface area contributed by atoms with Gasteiger partial charge >= 0.3 is 0 Å². The molecule has 1 aliphatic rings. The van der Waals surface area contributed by atoms with Crippen LogP contribution >= 0.6 is 0 Å². The van der Waals surface area contributed by atoms with Gasteiger partial charge in [-0.3, -0.25) is 0 Å². The molecule has 1 aliphatic carbocycles. The van der Waals surface area contributed by atoms with Gasteiger partial charge in [0.05, 0.1) is 5.75 Å². The van der Waals surface area contributed by atoms with Gasteiger partial charge in [-0.15, -0.1) is 0 Å². The lowest BCUT2D eigenvalue weighted by Gasteiger charge is -2.26. The Morgan fingerprint density at radius 1 is 1.29 bits per heavy atom. The lowest BCUT2D eigenvalue weighted by molar-refractivity contribution is 0.311. The molecule has 5 heteroatoms. The fraction of sp³-hybridized carbons (Fsp3) is 1.00. The van der Waals surface area contributed by atoms with E-state index >= 15 is 0 Å². The smallest absolute Gasteiger partial charge is 0.210 e. The second kappa shape index (κ2) is 5.09. The number of sulfonamides is 1. The molecule has 0 radical (unpaired) electrons. The summed E-state index contributed by atoms with van der Waals surface area (Å²) in [7, 11) is -3.30. The summed E-state index contributed by atoms with van der Waals surface area (Å²) in [6, 6.07) is 0.493. The van der Waals surface area contributed by atoms with Gasteiger partial charge in [-0.2, -0.15) is 0 Å². The Bertz CT molecular complexity index is 256. The van der Waals surface area contributed by atoms with Crippen LogP contribution in [0, 0.1) is 5.92 Å². The van der Waals surface area contributed by atoms with Gasteiger partial charge < -0.3 is 5.32 Å². The van der Waals surface area contributed by atoms with Crippen molar-refractivity contribution in [3.63, 3.8) is 0 Å². The third-order valence-corrected chi connectivity index (χ3v) is 3.61. The summed E-state index contributed by atoms with van der Waals surface area (Å²) in [6.45, 7) is 2.75. The van der Waals surface area contributed by atoms with Crippen LogP contribution in [0.3, 0.4) is 0 Å². The minimum Gasteiger partial charge on any atom is -0.313 e. The first-order valence-corrected chi connectivity index (χ1v) is 6.93. The van der Waals surface area contributed by atoms with Crippen LogP contribution in [-0.4, -0.2) is 26.8 Å². The van der Waals surface area contributed by atoms with Crippen LogP contribution in [0.2, 0.25) is 0 Å². The molecule has 3 N–H and O–H groups in total. The van der Waals surface area contributed by atoms with Crippen molar-refractivity contribution in [1.82, 2.24) is 5.32 Å². The van der Waals surface area contributed by atoms with Gasteiger partial charge in [0.15, 0.2) is 0 Å². The molecule has 1 rings (SSSR count). The average Bonchev–Trinajstić information content (AvgIpc) is 2.06. The summed E-state index contributed by atoms with van der Waals surface area (Å²) in [5.74, 6) is 0.866. The maximum atomic E-state index is 10.7. The molecule has 84 valence electrons. The molecule has 0 aromatic heterocycles. The molecule has 1 fully saturated rings. The van der Waals surface area contributed by atoms with Crippen LogP contribution in [0.1, 0.15) is 32.6 Å². The van der Waals surface area contributed by atoms with Crippen molar-refractivity contribution >= 4 is 10.0 Å². The number of hydrogen-bond donors (Lipinski definition) is 2. The highest BCUT2D eigenvalue weighted by Crippen LogP contribution is 2.23. The molecule has 14 heavy (non-hydrogen) atoms. The highest BCUT2D eigenvalue weighted by Gasteiger charge is 2.17. The molecule has 0 aliphatic heterocycles. The first-order valence-electron chi connectivity index (χ1n) is 5.21. The molecule has 0 bridgehead atoms. The number of primary sulfonamides is 1. The highest BCUT2D eigenvalue weighted by molar-refractivity contribution is 7.89. The van der Waals surface area contributed by atoms with Gasteiger partial charge in [0.25, 0.3) is 0 Å². The fourth-order valence-corrected chi connectivity index (χ4v) is 2.27. The van der Waals surface area contributed by atoms with Gasteiger partial charge in [-0.05, 0) is 31.6 Å². The standard InChI is InChI=1S/C9H20N2O2S/c1-8-2-4-9(5-3-8)11-6-7-14(10,12)13/h8-9,11H,2-7H2,1H3,(H2,10,12,13). The van der Waals surface area contributed by atoms with Crippen molar-refractivity contribution in [3.8, 4) is 0 Å². The van der Waals surface area contributed by atoms with E-state index in [-0.39, 0.29) is 5.75 Å². The van der Waals surface area contributed by atoms with E-state index in [0.717, 1.165) is 18.8 Å². The Kier molecular flexibility index (Phi) is 4.34. The van der Waals surface area contributed by atoms with E-state index < -0.39 is 10.0 Å². The first-order chi connectivity index (χ1) is 6.47. The quantitative estimate of drug-likeness (QED) is 0.722. The summed E-state index contributed by atoms with van der Waals surface area (Å²) in [4.78, 5) is 0. The molecule has 0 spiro atoms. The van der Waals surface area contributed by atoms with E-state index in [1.54, 1.807) is 0 Å². The van der Waals surface area contributed by atoms with Crippen molar-refractivity contribution in [2.45, 2.75) is 38.6 Å². The molecule has 0 unspecified atom stereocenters. The summed E-state index contributed by atoms with van der Waals surface area (Å²) >= 11 is 0. The third kappa shape index (κ3) is 4.93. The number of hydrogen-bond acceptors (Lipinski definition) is 3. The maximum Gasteiger partial charge on any atom is 0.210 e. The Morgan fingerprint density at radius 3 is 2.36 bits per heavy atom. The van der Waals surface area contributed by atoms with Crippen LogP contribution in [0.5, 0.6) is 0 Å². The second-order valence-electron chi connectivity index (χ2n) is 4.28. The Hall–Kier alpha value is -0.130. The van der Waals surface area contributed by atoms with E-state index in [1.807, 2.05) is 0 Å². The molecular weight excluding hydrogens is 200 g/mol. The average molecular weight is 220 g/mol. The normalized spacial score (nSPS) is 29.0. The van der Waals surface area contributed by atoms with E-state index in [0.29, 0.717) is 12.6 Å². The third-order valence-electron chi connectivity index (χ3n) is 2.84. The van der Waals surface area contributed by atoms with Crippen molar-refractivity contribution in [1.29, 1.82) is 0 Å². The summed E-state index contributed by atoms with van der Waals surface area (Å²) < 4.78 is 21.3. The zero-order valence-corrected chi connectivity index (χ0v) is 9.52. The predicted molar refractivity (Wildman–Crippen MR) is 57.4 cm³/mol. The fourth-order valence-electron chi connectivity index (χ4n) is 1.87. The van der Waals surface area contributed by atoms with Gasteiger partial charge in [0, 0.05) is 12.6 Å². The lowest BCUT2D eigenvalue weighted by Crippen LogP contribution is -2.36. The monoisotopic (exact) mass is 220 g/mol. The summed E-state index contributed by atoms with van der Waals surface area (Å²) in [6.07, 6.45) is 4.80. The number of nitrogens with one attached hydrogen (secondary N) is 1. The van der Waals surface area contributed by atoms with Gasteiger partial charge in [-0.1, -0.05) is 6.92 Å². The minimum atomic E-state index is -3.30. The number of nitrogens with two attached hydrogens (primary N) is 1. The van der Waals surface area contributed by atoms with Crippen molar-refractivity contribution in [3.05, 3.63) is 0 Å².